The Morgan fingerprint density at radius 1 is 1.32 bits per heavy atom. The van der Waals surface area contributed by atoms with Crippen LogP contribution >= 0.6 is 0 Å². The number of aliphatic hydroxyl groups excluding tert-OH is 1. The van der Waals surface area contributed by atoms with Crippen LogP contribution in [0, 0.1) is 6.92 Å². The molecular formula is C13H20N2O3S. The van der Waals surface area contributed by atoms with Crippen LogP contribution in [-0.2, 0) is 10.0 Å². The molecule has 1 aromatic rings. The molecule has 0 spiro atoms. The first kappa shape index (κ1) is 14.3. The molecular weight excluding hydrogens is 264 g/mol. The molecule has 1 aliphatic rings. The maximum Gasteiger partial charge on any atom is 0.242 e. The Hall–Kier alpha value is -1.11. The second-order valence-corrected chi connectivity index (χ2v) is 6.80. The van der Waals surface area contributed by atoms with Gasteiger partial charge in [0.25, 0.3) is 0 Å². The van der Waals surface area contributed by atoms with Crippen LogP contribution in [-0.4, -0.2) is 25.7 Å². The number of nitrogens with one attached hydrogen (secondary N) is 1. The molecule has 6 heteroatoms. The molecule has 1 saturated carbocycles. The first-order valence-corrected chi connectivity index (χ1v) is 7.95. The summed E-state index contributed by atoms with van der Waals surface area (Å²) in [5, 5.41) is 9.83. The molecule has 2 atom stereocenters. The normalized spacial score (nSPS) is 24.3. The van der Waals surface area contributed by atoms with E-state index in [1.54, 1.807) is 12.1 Å². The average Bonchev–Trinajstić information content (AvgIpc) is 2.31. The van der Waals surface area contributed by atoms with Gasteiger partial charge in [0.1, 0.15) is 4.90 Å². The number of anilines is 1. The Morgan fingerprint density at radius 3 is 2.63 bits per heavy atom. The van der Waals surface area contributed by atoms with Gasteiger partial charge in [0.2, 0.25) is 10.0 Å². The molecule has 19 heavy (non-hydrogen) atoms. The maximum atomic E-state index is 12.3. The number of hydrogen-bond donors (Lipinski definition) is 3. The summed E-state index contributed by atoms with van der Waals surface area (Å²) in [6, 6.07) is 4.43. The quantitative estimate of drug-likeness (QED) is 0.726. The lowest BCUT2D eigenvalue weighted by atomic mass is 9.93. The van der Waals surface area contributed by atoms with E-state index in [9.17, 15) is 13.5 Å². The van der Waals surface area contributed by atoms with Crippen LogP contribution in [0.15, 0.2) is 23.1 Å². The van der Waals surface area contributed by atoms with Crippen LogP contribution in [0.4, 0.5) is 5.69 Å². The van der Waals surface area contributed by atoms with Crippen molar-refractivity contribution in [2.24, 2.45) is 0 Å². The van der Waals surface area contributed by atoms with Gasteiger partial charge in [-0.3, -0.25) is 0 Å². The lowest BCUT2D eigenvalue weighted by molar-refractivity contribution is 0.101. The van der Waals surface area contributed by atoms with Crippen molar-refractivity contribution in [1.82, 2.24) is 4.72 Å². The summed E-state index contributed by atoms with van der Waals surface area (Å²) >= 11 is 0. The monoisotopic (exact) mass is 284 g/mol. The highest BCUT2D eigenvalue weighted by Crippen LogP contribution is 2.23. The lowest BCUT2D eigenvalue weighted by Crippen LogP contribution is -2.45. The van der Waals surface area contributed by atoms with Gasteiger partial charge in [-0.1, -0.05) is 18.9 Å². The highest BCUT2D eigenvalue weighted by Gasteiger charge is 2.28. The third-order valence-corrected chi connectivity index (χ3v) is 5.05. The summed E-state index contributed by atoms with van der Waals surface area (Å²) in [4.78, 5) is 0.0795. The molecule has 2 rings (SSSR count). The molecule has 0 amide bonds. The van der Waals surface area contributed by atoms with E-state index in [0.29, 0.717) is 12.8 Å². The van der Waals surface area contributed by atoms with Gasteiger partial charge in [0.05, 0.1) is 11.8 Å². The molecule has 0 radical (unpaired) electrons. The minimum atomic E-state index is -3.68. The molecule has 1 fully saturated rings. The highest BCUT2D eigenvalue weighted by atomic mass is 32.2. The second kappa shape index (κ2) is 5.48. The zero-order valence-corrected chi connectivity index (χ0v) is 11.8. The van der Waals surface area contributed by atoms with Gasteiger partial charge in [0, 0.05) is 6.04 Å². The Morgan fingerprint density at radius 2 is 2.00 bits per heavy atom. The molecule has 0 aromatic heterocycles. The molecule has 0 aliphatic heterocycles. The van der Waals surface area contributed by atoms with Crippen molar-refractivity contribution in [3.8, 4) is 0 Å². The Labute approximate surface area is 113 Å². The Kier molecular flexibility index (Phi) is 4.13. The zero-order valence-electron chi connectivity index (χ0n) is 11.0. The predicted octanol–water partition coefficient (Wildman–Crippen LogP) is 1.16. The Balaban J connectivity index is 2.22. The van der Waals surface area contributed by atoms with E-state index >= 15 is 0 Å². The number of aryl methyl sites for hydroxylation is 1. The molecule has 106 valence electrons. The van der Waals surface area contributed by atoms with E-state index in [1.165, 1.54) is 6.07 Å². The summed E-state index contributed by atoms with van der Waals surface area (Å²) in [6.45, 7) is 1.85. The number of sulfonamides is 1. The molecule has 1 aliphatic carbocycles. The SMILES string of the molecule is Cc1ccc(S(=O)(=O)N[C@@H]2CCCC[C@H]2O)c(N)c1. The van der Waals surface area contributed by atoms with Gasteiger partial charge in [-0.15, -0.1) is 0 Å². The van der Waals surface area contributed by atoms with Crippen molar-refractivity contribution < 1.29 is 13.5 Å². The average molecular weight is 284 g/mol. The number of benzene rings is 1. The number of rotatable bonds is 3. The van der Waals surface area contributed by atoms with Crippen molar-refractivity contribution in [3.05, 3.63) is 23.8 Å². The smallest absolute Gasteiger partial charge is 0.242 e. The van der Waals surface area contributed by atoms with Crippen molar-refractivity contribution in [3.63, 3.8) is 0 Å². The Bertz CT molecular complexity index is 557. The van der Waals surface area contributed by atoms with Gasteiger partial charge in [-0.05, 0) is 37.5 Å². The fourth-order valence-electron chi connectivity index (χ4n) is 2.42. The molecule has 0 unspecified atom stereocenters. The van der Waals surface area contributed by atoms with Crippen LogP contribution < -0.4 is 10.5 Å². The van der Waals surface area contributed by atoms with Crippen molar-refractivity contribution in [1.29, 1.82) is 0 Å². The number of aliphatic hydroxyl groups is 1. The van der Waals surface area contributed by atoms with Crippen LogP contribution in [0.1, 0.15) is 31.2 Å². The number of nitrogen functional groups attached to an aromatic ring is 1. The van der Waals surface area contributed by atoms with E-state index in [-0.39, 0.29) is 10.6 Å². The molecule has 1 aromatic carbocycles. The van der Waals surface area contributed by atoms with E-state index in [1.807, 2.05) is 6.92 Å². The molecule has 0 bridgehead atoms. The predicted molar refractivity (Wildman–Crippen MR) is 74.2 cm³/mol. The van der Waals surface area contributed by atoms with Crippen molar-refractivity contribution in [2.45, 2.75) is 49.6 Å². The van der Waals surface area contributed by atoms with Crippen LogP contribution in [0.25, 0.3) is 0 Å². The number of hydrogen-bond acceptors (Lipinski definition) is 4. The minimum absolute atomic E-state index is 0.0795. The standard InChI is InChI=1S/C13H20N2O3S/c1-9-6-7-13(10(14)8-9)19(17,18)15-11-4-2-3-5-12(11)16/h6-8,11-12,15-16H,2-5,14H2,1H3/t11-,12-/m1/s1. The van der Waals surface area contributed by atoms with E-state index in [0.717, 1.165) is 18.4 Å². The first-order valence-electron chi connectivity index (χ1n) is 6.46. The van der Waals surface area contributed by atoms with Crippen molar-refractivity contribution >= 4 is 15.7 Å². The van der Waals surface area contributed by atoms with E-state index in [4.69, 9.17) is 5.73 Å². The fraction of sp³-hybridized carbons (Fsp3) is 0.538. The molecule has 0 heterocycles. The van der Waals surface area contributed by atoms with E-state index < -0.39 is 22.2 Å². The maximum absolute atomic E-state index is 12.3. The van der Waals surface area contributed by atoms with E-state index in [2.05, 4.69) is 4.72 Å². The summed E-state index contributed by atoms with van der Waals surface area (Å²) in [7, 11) is -3.68. The topological polar surface area (TPSA) is 92.4 Å². The van der Waals surface area contributed by atoms with Crippen LogP contribution in [0.3, 0.4) is 0 Å². The summed E-state index contributed by atoms with van der Waals surface area (Å²) < 4.78 is 27.1. The van der Waals surface area contributed by atoms with Gasteiger partial charge in [0.15, 0.2) is 0 Å². The van der Waals surface area contributed by atoms with Gasteiger partial charge in [-0.2, -0.15) is 0 Å². The summed E-state index contributed by atoms with van der Waals surface area (Å²) in [5.41, 5.74) is 6.91. The highest BCUT2D eigenvalue weighted by molar-refractivity contribution is 7.89. The van der Waals surface area contributed by atoms with Crippen molar-refractivity contribution in [2.75, 3.05) is 5.73 Å². The second-order valence-electron chi connectivity index (χ2n) is 5.12. The van der Waals surface area contributed by atoms with Gasteiger partial charge < -0.3 is 10.8 Å². The third kappa shape index (κ3) is 3.26. The summed E-state index contributed by atoms with van der Waals surface area (Å²) in [5.74, 6) is 0. The molecule has 4 N–H and O–H groups in total. The number of nitrogens with two attached hydrogens (primary N) is 1. The molecule has 5 nitrogen and oxygen atoms in total. The fourth-order valence-corrected chi connectivity index (χ4v) is 3.84. The molecule has 0 saturated heterocycles. The van der Waals surface area contributed by atoms with Crippen LogP contribution in [0.2, 0.25) is 0 Å². The van der Waals surface area contributed by atoms with Crippen LogP contribution in [0.5, 0.6) is 0 Å². The minimum Gasteiger partial charge on any atom is -0.398 e. The first-order chi connectivity index (χ1) is 8.90. The lowest BCUT2D eigenvalue weighted by Gasteiger charge is -2.28. The largest absolute Gasteiger partial charge is 0.398 e. The summed E-state index contributed by atoms with van der Waals surface area (Å²) in [6.07, 6.45) is 2.54. The van der Waals surface area contributed by atoms with Gasteiger partial charge >= 0.3 is 0 Å². The zero-order chi connectivity index (χ0) is 14.0. The third-order valence-electron chi connectivity index (χ3n) is 3.49. The van der Waals surface area contributed by atoms with Gasteiger partial charge in [-0.25, -0.2) is 13.1 Å².